The summed E-state index contributed by atoms with van der Waals surface area (Å²) in [5.41, 5.74) is 0.542. The number of aliphatic hydroxyl groups is 1. The van der Waals surface area contributed by atoms with Crippen LogP contribution >= 0.6 is 0 Å². The van der Waals surface area contributed by atoms with Crippen molar-refractivity contribution in [3.63, 3.8) is 0 Å². The van der Waals surface area contributed by atoms with Crippen molar-refractivity contribution >= 4 is 11.5 Å². The predicted octanol–water partition coefficient (Wildman–Crippen LogP) is 1.20. The molecular formula is C11H15N3O3. The predicted molar refractivity (Wildman–Crippen MR) is 62.9 cm³/mol. The topological polar surface area (TPSA) is 79.5 Å². The summed E-state index contributed by atoms with van der Waals surface area (Å²) in [6, 6.07) is 3.40. The standard InChI is InChI=1S/C11H15N3O3/c1-8(15)9-4-6-13(7-9)10-3-2-5-12-11(10)14(16)17/h2-3,5,8-9,15H,4,6-7H2,1H3. The minimum atomic E-state index is -0.467. The second-order valence-electron chi connectivity index (χ2n) is 4.34. The van der Waals surface area contributed by atoms with E-state index in [2.05, 4.69) is 4.98 Å². The maximum atomic E-state index is 10.9. The van der Waals surface area contributed by atoms with Crippen LogP contribution in [0.5, 0.6) is 0 Å². The highest BCUT2D eigenvalue weighted by Gasteiger charge is 2.30. The lowest BCUT2D eigenvalue weighted by atomic mass is 10.0. The number of aromatic nitrogens is 1. The van der Waals surface area contributed by atoms with Crippen LogP contribution in [0.2, 0.25) is 0 Å². The van der Waals surface area contributed by atoms with Crippen LogP contribution in [-0.2, 0) is 0 Å². The summed E-state index contributed by atoms with van der Waals surface area (Å²) in [4.78, 5) is 16.1. The maximum absolute atomic E-state index is 10.9. The fourth-order valence-corrected chi connectivity index (χ4v) is 2.18. The van der Waals surface area contributed by atoms with Gasteiger partial charge >= 0.3 is 5.82 Å². The van der Waals surface area contributed by atoms with E-state index < -0.39 is 4.92 Å². The van der Waals surface area contributed by atoms with E-state index in [1.54, 1.807) is 19.1 Å². The van der Waals surface area contributed by atoms with E-state index in [0.717, 1.165) is 13.0 Å². The van der Waals surface area contributed by atoms with Gasteiger partial charge in [-0.25, -0.2) is 0 Å². The molecule has 2 heterocycles. The summed E-state index contributed by atoms with van der Waals surface area (Å²) in [6.45, 7) is 3.12. The van der Waals surface area contributed by atoms with Crippen molar-refractivity contribution in [2.75, 3.05) is 18.0 Å². The van der Waals surface area contributed by atoms with Crippen molar-refractivity contribution in [3.8, 4) is 0 Å². The molecule has 2 unspecified atom stereocenters. The smallest absolute Gasteiger partial charge is 0.387 e. The summed E-state index contributed by atoms with van der Waals surface area (Å²) in [5, 5.41) is 20.4. The van der Waals surface area contributed by atoms with Crippen LogP contribution in [0, 0.1) is 16.0 Å². The summed E-state index contributed by atoms with van der Waals surface area (Å²) >= 11 is 0. The van der Waals surface area contributed by atoms with Crippen LogP contribution in [0.15, 0.2) is 18.3 Å². The average Bonchev–Trinajstić information content (AvgIpc) is 2.78. The van der Waals surface area contributed by atoms with E-state index >= 15 is 0 Å². The Morgan fingerprint density at radius 2 is 2.47 bits per heavy atom. The molecule has 6 nitrogen and oxygen atoms in total. The van der Waals surface area contributed by atoms with Gasteiger partial charge in [0.2, 0.25) is 0 Å². The molecule has 1 aliphatic heterocycles. The van der Waals surface area contributed by atoms with Crippen molar-refractivity contribution in [1.29, 1.82) is 0 Å². The van der Waals surface area contributed by atoms with Gasteiger partial charge < -0.3 is 20.1 Å². The molecule has 2 rings (SSSR count). The molecule has 0 saturated carbocycles. The van der Waals surface area contributed by atoms with Gasteiger partial charge in [0.1, 0.15) is 11.9 Å². The Bertz CT molecular complexity index is 422. The molecule has 0 bridgehead atoms. The summed E-state index contributed by atoms with van der Waals surface area (Å²) < 4.78 is 0. The first-order valence-corrected chi connectivity index (χ1v) is 5.62. The molecule has 0 radical (unpaired) electrons. The molecule has 1 N–H and O–H groups in total. The van der Waals surface area contributed by atoms with Gasteiger partial charge in [-0.15, -0.1) is 0 Å². The number of hydrogen-bond acceptors (Lipinski definition) is 5. The molecule has 0 aromatic carbocycles. The molecule has 0 spiro atoms. The first-order chi connectivity index (χ1) is 8.09. The third-order valence-corrected chi connectivity index (χ3v) is 3.19. The van der Waals surface area contributed by atoms with Gasteiger partial charge in [-0.2, -0.15) is 0 Å². The monoisotopic (exact) mass is 237 g/mol. The first-order valence-electron chi connectivity index (χ1n) is 5.62. The normalized spacial score (nSPS) is 21.5. The molecule has 1 aromatic heterocycles. The van der Waals surface area contributed by atoms with Gasteiger partial charge in [-0.05, 0) is 35.4 Å². The Kier molecular flexibility index (Phi) is 3.23. The molecular weight excluding hydrogens is 222 g/mol. The van der Waals surface area contributed by atoms with Crippen LogP contribution < -0.4 is 4.90 Å². The van der Waals surface area contributed by atoms with Crippen molar-refractivity contribution in [3.05, 3.63) is 28.4 Å². The highest BCUT2D eigenvalue weighted by Crippen LogP contribution is 2.31. The number of hydrogen-bond donors (Lipinski definition) is 1. The minimum Gasteiger partial charge on any atom is -0.393 e. The van der Waals surface area contributed by atoms with Gasteiger partial charge in [0.05, 0.1) is 6.10 Å². The Balaban J connectivity index is 2.21. The number of pyridine rings is 1. The highest BCUT2D eigenvalue weighted by atomic mass is 16.6. The number of nitro groups is 1. The molecule has 2 atom stereocenters. The summed E-state index contributed by atoms with van der Waals surface area (Å²) in [6.07, 6.45) is 1.89. The lowest BCUT2D eigenvalue weighted by molar-refractivity contribution is -0.388. The molecule has 17 heavy (non-hydrogen) atoms. The van der Waals surface area contributed by atoms with Crippen LogP contribution in [0.1, 0.15) is 13.3 Å². The Morgan fingerprint density at radius 1 is 1.71 bits per heavy atom. The van der Waals surface area contributed by atoms with Crippen molar-refractivity contribution in [1.82, 2.24) is 4.98 Å². The number of anilines is 1. The molecule has 1 saturated heterocycles. The van der Waals surface area contributed by atoms with E-state index in [1.807, 2.05) is 4.90 Å². The van der Waals surface area contributed by atoms with Gasteiger partial charge in [-0.1, -0.05) is 0 Å². The summed E-state index contributed by atoms with van der Waals surface area (Å²) in [7, 11) is 0. The van der Waals surface area contributed by atoms with E-state index in [1.165, 1.54) is 6.20 Å². The van der Waals surface area contributed by atoms with Crippen LogP contribution in [0.25, 0.3) is 0 Å². The highest BCUT2D eigenvalue weighted by molar-refractivity contribution is 5.59. The second kappa shape index (κ2) is 4.67. The van der Waals surface area contributed by atoms with Crippen molar-refractivity contribution in [2.45, 2.75) is 19.4 Å². The molecule has 1 aliphatic rings. The maximum Gasteiger partial charge on any atom is 0.387 e. The number of nitrogens with zero attached hydrogens (tertiary/aromatic N) is 3. The van der Waals surface area contributed by atoms with E-state index in [9.17, 15) is 15.2 Å². The van der Waals surface area contributed by atoms with Gasteiger partial charge in [0.25, 0.3) is 0 Å². The van der Waals surface area contributed by atoms with E-state index in [0.29, 0.717) is 12.2 Å². The van der Waals surface area contributed by atoms with Crippen molar-refractivity contribution in [2.24, 2.45) is 5.92 Å². The van der Waals surface area contributed by atoms with Gasteiger partial charge in [-0.3, -0.25) is 0 Å². The number of rotatable bonds is 3. The summed E-state index contributed by atoms with van der Waals surface area (Å²) in [5.74, 6) is 0.0635. The first kappa shape index (κ1) is 11.8. The molecule has 92 valence electrons. The Morgan fingerprint density at radius 3 is 3.06 bits per heavy atom. The largest absolute Gasteiger partial charge is 0.393 e. The molecule has 0 aliphatic carbocycles. The Labute approximate surface area is 99.0 Å². The third kappa shape index (κ3) is 2.36. The zero-order chi connectivity index (χ0) is 12.4. The fraction of sp³-hybridized carbons (Fsp3) is 0.545. The van der Waals surface area contributed by atoms with E-state index in [4.69, 9.17) is 0 Å². The fourth-order valence-electron chi connectivity index (χ4n) is 2.18. The number of aliphatic hydroxyl groups excluding tert-OH is 1. The average molecular weight is 237 g/mol. The second-order valence-corrected chi connectivity index (χ2v) is 4.34. The zero-order valence-electron chi connectivity index (χ0n) is 9.61. The van der Waals surface area contributed by atoms with Crippen molar-refractivity contribution < 1.29 is 10.0 Å². The lowest BCUT2D eigenvalue weighted by Gasteiger charge is -2.18. The van der Waals surface area contributed by atoms with E-state index in [-0.39, 0.29) is 17.8 Å². The molecule has 6 heteroatoms. The van der Waals surface area contributed by atoms with Gasteiger partial charge in [0.15, 0.2) is 0 Å². The SMILES string of the molecule is CC(O)C1CCN(c2cccnc2[N+](=O)[O-])C1. The molecule has 1 fully saturated rings. The van der Waals surface area contributed by atoms with Crippen LogP contribution in [0.3, 0.4) is 0 Å². The molecule has 0 amide bonds. The minimum absolute atomic E-state index is 0.112. The lowest BCUT2D eigenvalue weighted by Crippen LogP contribution is -2.24. The van der Waals surface area contributed by atoms with Crippen LogP contribution in [0.4, 0.5) is 11.5 Å². The zero-order valence-corrected chi connectivity index (χ0v) is 9.61. The Hall–Kier alpha value is -1.69. The third-order valence-electron chi connectivity index (χ3n) is 3.19. The molecule has 1 aromatic rings. The quantitative estimate of drug-likeness (QED) is 0.631. The van der Waals surface area contributed by atoms with Crippen LogP contribution in [-0.4, -0.2) is 34.2 Å². The van der Waals surface area contributed by atoms with Gasteiger partial charge in [0, 0.05) is 19.0 Å².